The zero-order valence-electron chi connectivity index (χ0n) is 16.9. The monoisotopic (exact) mass is 406 g/mol. The SMILES string of the molecule is N#C[C@H]1CC[C@@H](C(=O)N2CCN(c3cnc4[nH]cc(/C=C/C(N)=O)c4c3)CC2)CC1. The predicted molar refractivity (Wildman–Crippen MR) is 114 cm³/mol. The van der Waals surface area contributed by atoms with Crippen molar-refractivity contribution >= 4 is 34.6 Å². The van der Waals surface area contributed by atoms with Gasteiger partial charge in [-0.2, -0.15) is 5.26 Å². The second kappa shape index (κ2) is 8.57. The van der Waals surface area contributed by atoms with Crippen LogP contribution in [0.25, 0.3) is 17.1 Å². The summed E-state index contributed by atoms with van der Waals surface area (Å²) < 4.78 is 0. The molecule has 0 unspecified atom stereocenters. The Kier molecular flexibility index (Phi) is 5.70. The number of primary amides is 1. The Labute approximate surface area is 175 Å². The summed E-state index contributed by atoms with van der Waals surface area (Å²) >= 11 is 0. The highest BCUT2D eigenvalue weighted by Crippen LogP contribution is 2.30. The van der Waals surface area contributed by atoms with E-state index in [1.807, 2.05) is 11.1 Å². The van der Waals surface area contributed by atoms with Gasteiger partial charge in [0.15, 0.2) is 0 Å². The van der Waals surface area contributed by atoms with Gasteiger partial charge in [0.25, 0.3) is 0 Å². The number of nitriles is 1. The fraction of sp³-hybridized carbons (Fsp3) is 0.455. The maximum Gasteiger partial charge on any atom is 0.241 e. The van der Waals surface area contributed by atoms with Gasteiger partial charge in [-0.3, -0.25) is 9.59 Å². The van der Waals surface area contributed by atoms with Gasteiger partial charge in [-0.25, -0.2) is 4.98 Å². The number of piperazine rings is 1. The molecule has 2 fully saturated rings. The molecular formula is C22H26N6O2. The van der Waals surface area contributed by atoms with E-state index in [9.17, 15) is 9.59 Å². The molecule has 4 rings (SSSR count). The summed E-state index contributed by atoms with van der Waals surface area (Å²) in [6.45, 7) is 2.89. The van der Waals surface area contributed by atoms with Crippen LogP contribution in [0.2, 0.25) is 0 Å². The lowest BCUT2D eigenvalue weighted by molar-refractivity contribution is -0.137. The number of pyridine rings is 1. The number of hydrogen-bond donors (Lipinski definition) is 2. The molecule has 2 aliphatic rings. The fourth-order valence-corrected chi connectivity index (χ4v) is 4.41. The highest BCUT2D eigenvalue weighted by molar-refractivity contribution is 5.95. The van der Waals surface area contributed by atoms with Crippen LogP contribution in [0.3, 0.4) is 0 Å². The number of anilines is 1. The first-order valence-electron chi connectivity index (χ1n) is 10.4. The summed E-state index contributed by atoms with van der Waals surface area (Å²) in [7, 11) is 0. The van der Waals surface area contributed by atoms with Crippen LogP contribution in [0.5, 0.6) is 0 Å². The Balaban J connectivity index is 1.40. The highest BCUT2D eigenvalue weighted by Gasteiger charge is 2.31. The van der Waals surface area contributed by atoms with Gasteiger partial charge in [-0.15, -0.1) is 0 Å². The Bertz CT molecular complexity index is 1000. The van der Waals surface area contributed by atoms with Crippen molar-refractivity contribution in [1.29, 1.82) is 5.26 Å². The van der Waals surface area contributed by atoms with E-state index < -0.39 is 5.91 Å². The third kappa shape index (κ3) is 4.15. The number of H-pyrrole nitrogens is 1. The summed E-state index contributed by atoms with van der Waals surface area (Å²) in [5, 5.41) is 9.97. The van der Waals surface area contributed by atoms with E-state index >= 15 is 0 Å². The minimum absolute atomic E-state index is 0.0682. The first-order chi connectivity index (χ1) is 14.5. The van der Waals surface area contributed by atoms with E-state index in [4.69, 9.17) is 11.0 Å². The topological polar surface area (TPSA) is 119 Å². The van der Waals surface area contributed by atoms with Crippen LogP contribution >= 0.6 is 0 Å². The summed E-state index contributed by atoms with van der Waals surface area (Å²) in [6.07, 6.45) is 9.98. The number of hydrogen-bond acceptors (Lipinski definition) is 5. The molecule has 0 bridgehead atoms. The average molecular weight is 406 g/mol. The van der Waals surface area contributed by atoms with Crippen LogP contribution < -0.4 is 10.6 Å². The van der Waals surface area contributed by atoms with Crippen LogP contribution in [0.4, 0.5) is 5.69 Å². The number of carbonyl (C=O) groups excluding carboxylic acids is 2. The first kappa shape index (κ1) is 20.0. The zero-order valence-corrected chi connectivity index (χ0v) is 16.9. The largest absolute Gasteiger partial charge is 0.367 e. The third-order valence-electron chi connectivity index (χ3n) is 6.19. The van der Waals surface area contributed by atoms with E-state index in [0.29, 0.717) is 13.1 Å². The molecule has 2 amide bonds. The number of rotatable bonds is 4. The van der Waals surface area contributed by atoms with Crippen molar-refractivity contribution in [3.63, 3.8) is 0 Å². The maximum atomic E-state index is 12.9. The van der Waals surface area contributed by atoms with Crippen molar-refractivity contribution in [2.75, 3.05) is 31.1 Å². The minimum Gasteiger partial charge on any atom is -0.367 e. The third-order valence-corrected chi connectivity index (χ3v) is 6.19. The lowest BCUT2D eigenvalue weighted by Gasteiger charge is -2.38. The number of nitrogens with zero attached hydrogens (tertiary/aromatic N) is 4. The van der Waals surface area contributed by atoms with E-state index in [-0.39, 0.29) is 17.7 Å². The fourth-order valence-electron chi connectivity index (χ4n) is 4.41. The summed E-state index contributed by atoms with van der Waals surface area (Å²) in [4.78, 5) is 35.7. The number of fused-ring (bicyclic) bond motifs is 1. The van der Waals surface area contributed by atoms with Crippen LogP contribution in [-0.2, 0) is 9.59 Å². The molecule has 1 saturated heterocycles. The lowest BCUT2D eigenvalue weighted by atomic mass is 9.82. The molecule has 3 N–H and O–H groups in total. The predicted octanol–water partition coefficient (Wildman–Crippen LogP) is 2.04. The van der Waals surface area contributed by atoms with E-state index in [0.717, 1.165) is 61.1 Å². The number of carbonyl (C=O) groups is 2. The number of aromatic amines is 1. The van der Waals surface area contributed by atoms with Gasteiger partial charge in [0, 0.05) is 61.2 Å². The molecule has 0 aromatic carbocycles. The number of nitrogens with two attached hydrogens (primary N) is 1. The summed E-state index contributed by atoms with van der Waals surface area (Å²) in [5.41, 5.74) is 7.81. The molecule has 30 heavy (non-hydrogen) atoms. The van der Waals surface area contributed by atoms with E-state index in [1.54, 1.807) is 12.3 Å². The number of amides is 2. The smallest absolute Gasteiger partial charge is 0.241 e. The molecule has 2 aromatic rings. The molecule has 3 heterocycles. The van der Waals surface area contributed by atoms with Crippen molar-refractivity contribution in [2.24, 2.45) is 17.6 Å². The van der Waals surface area contributed by atoms with Gasteiger partial charge in [-0.1, -0.05) is 0 Å². The average Bonchev–Trinajstić information content (AvgIpc) is 3.19. The van der Waals surface area contributed by atoms with Gasteiger partial charge in [0.1, 0.15) is 5.65 Å². The Morgan fingerprint density at radius 3 is 2.60 bits per heavy atom. The van der Waals surface area contributed by atoms with Crippen LogP contribution in [-0.4, -0.2) is 52.9 Å². The molecule has 0 radical (unpaired) electrons. The highest BCUT2D eigenvalue weighted by atomic mass is 16.2. The molecular weight excluding hydrogens is 380 g/mol. The molecule has 0 atom stereocenters. The van der Waals surface area contributed by atoms with Gasteiger partial charge in [0.2, 0.25) is 11.8 Å². The first-order valence-corrected chi connectivity index (χ1v) is 10.4. The normalized spacial score (nSPS) is 22.4. The lowest BCUT2D eigenvalue weighted by Crippen LogP contribution is -2.50. The number of nitrogens with one attached hydrogen (secondary N) is 1. The summed E-state index contributed by atoms with van der Waals surface area (Å²) in [6, 6.07) is 4.38. The van der Waals surface area contributed by atoms with Crippen molar-refractivity contribution in [3.8, 4) is 6.07 Å². The molecule has 8 heteroatoms. The van der Waals surface area contributed by atoms with E-state index in [2.05, 4.69) is 27.0 Å². The quantitative estimate of drug-likeness (QED) is 0.753. The van der Waals surface area contributed by atoms with Crippen molar-refractivity contribution < 1.29 is 9.59 Å². The second-order valence-corrected chi connectivity index (χ2v) is 8.06. The molecule has 156 valence electrons. The molecule has 1 aliphatic carbocycles. The van der Waals surface area contributed by atoms with Gasteiger partial charge in [0.05, 0.1) is 18.0 Å². The zero-order chi connectivity index (χ0) is 21.1. The molecule has 2 aromatic heterocycles. The maximum absolute atomic E-state index is 12.9. The number of aromatic nitrogens is 2. The van der Waals surface area contributed by atoms with Gasteiger partial charge in [-0.05, 0) is 37.8 Å². The van der Waals surface area contributed by atoms with Crippen LogP contribution in [0, 0.1) is 23.2 Å². The van der Waals surface area contributed by atoms with Crippen molar-refractivity contribution in [1.82, 2.24) is 14.9 Å². The van der Waals surface area contributed by atoms with Crippen LogP contribution in [0.1, 0.15) is 31.2 Å². The van der Waals surface area contributed by atoms with Gasteiger partial charge < -0.3 is 20.5 Å². The Morgan fingerprint density at radius 2 is 1.93 bits per heavy atom. The Hall–Kier alpha value is -3.34. The van der Waals surface area contributed by atoms with Gasteiger partial charge >= 0.3 is 0 Å². The molecule has 8 nitrogen and oxygen atoms in total. The summed E-state index contributed by atoms with van der Waals surface area (Å²) in [5.74, 6) is -0.0671. The molecule has 0 spiro atoms. The van der Waals surface area contributed by atoms with E-state index in [1.165, 1.54) is 6.08 Å². The van der Waals surface area contributed by atoms with Crippen LogP contribution in [0.15, 0.2) is 24.5 Å². The molecule has 1 aliphatic heterocycles. The second-order valence-electron chi connectivity index (χ2n) is 8.06. The standard InChI is InChI=1S/C22H26N6O2/c23-12-15-1-3-16(4-2-15)22(30)28-9-7-27(8-10-28)18-11-19-17(5-6-20(24)29)13-25-21(19)26-14-18/h5-6,11,13-16H,1-4,7-10H2,(H2,24,29)(H,25,26)/b6-5+/t15-,16+. The Morgan fingerprint density at radius 1 is 1.20 bits per heavy atom. The van der Waals surface area contributed by atoms with Crippen molar-refractivity contribution in [2.45, 2.75) is 25.7 Å². The molecule has 1 saturated carbocycles. The van der Waals surface area contributed by atoms with Crippen molar-refractivity contribution in [3.05, 3.63) is 30.1 Å². The minimum atomic E-state index is -0.490.